The van der Waals surface area contributed by atoms with E-state index in [9.17, 15) is 0 Å². The summed E-state index contributed by atoms with van der Waals surface area (Å²) in [6.45, 7) is 2.28. The third-order valence-electron chi connectivity index (χ3n) is 3.79. The number of ether oxygens (including phenoxy) is 1. The standard InChI is InChI=1S/C18H28N4O/c1-19-18(21-16-9-5-6-10-16)20-14-15-8-4-7-11-17(15)23-13-12-22(2)3/h4-8,11,16H,9-10,12-14H2,1-3H3,(H2,19,20,21). The summed E-state index contributed by atoms with van der Waals surface area (Å²) in [6.07, 6.45) is 6.54. The van der Waals surface area contributed by atoms with E-state index < -0.39 is 0 Å². The molecule has 0 spiro atoms. The van der Waals surface area contributed by atoms with Gasteiger partial charge in [0.15, 0.2) is 5.96 Å². The van der Waals surface area contributed by atoms with Crippen molar-refractivity contribution in [1.82, 2.24) is 15.5 Å². The molecular weight excluding hydrogens is 288 g/mol. The van der Waals surface area contributed by atoms with Crippen molar-refractivity contribution in [3.8, 4) is 5.75 Å². The highest BCUT2D eigenvalue weighted by Crippen LogP contribution is 2.17. The van der Waals surface area contributed by atoms with Crippen LogP contribution in [0.1, 0.15) is 18.4 Å². The van der Waals surface area contributed by atoms with E-state index in [2.05, 4.69) is 38.7 Å². The van der Waals surface area contributed by atoms with Gasteiger partial charge in [-0.25, -0.2) is 0 Å². The van der Waals surface area contributed by atoms with Crippen molar-refractivity contribution < 1.29 is 4.74 Å². The summed E-state index contributed by atoms with van der Waals surface area (Å²) in [5.74, 6) is 1.77. The molecule has 0 aliphatic heterocycles. The van der Waals surface area contributed by atoms with Crippen LogP contribution in [0.2, 0.25) is 0 Å². The van der Waals surface area contributed by atoms with Crippen LogP contribution in [0.25, 0.3) is 0 Å². The molecule has 0 unspecified atom stereocenters. The number of benzene rings is 1. The molecular formula is C18H28N4O. The fraction of sp³-hybridized carbons (Fsp3) is 0.500. The number of nitrogens with zero attached hydrogens (tertiary/aromatic N) is 2. The average Bonchev–Trinajstić information content (AvgIpc) is 3.05. The fourth-order valence-electron chi connectivity index (χ4n) is 2.43. The van der Waals surface area contributed by atoms with Crippen LogP contribution in [0.15, 0.2) is 41.4 Å². The number of guanidine groups is 1. The second-order valence-electron chi connectivity index (χ2n) is 5.97. The second kappa shape index (κ2) is 9.20. The largest absolute Gasteiger partial charge is 0.492 e. The Morgan fingerprint density at radius 2 is 2.00 bits per heavy atom. The van der Waals surface area contributed by atoms with Gasteiger partial charge < -0.3 is 20.3 Å². The SMILES string of the molecule is CN=C(NCc1ccccc1OCCN(C)C)NC1CC=CC1. The van der Waals surface area contributed by atoms with Crippen LogP contribution >= 0.6 is 0 Å². The summed E-state index contributed by atoms with van der Waals surface area (Å²) in [5, 5.41) is 6.82. The molecule has 0 aromatic heterocycles. The van der Waals surface area contributed by atoms with Gasteiger partial charge in [0.05, 0.1) is 0 Å². The van der Waals surface area contributed by atoms with Gasteiger partial charge >= 0.3 is 0 Å². The summed E-state index contributed by atoms with van der Waals surface area (Å²) in [5.41, 5.74) is 1.14. The van der Waals surface area contributed by atoms with E-state index >= 15 is 0 Å². The van der Waals surface area contributed by atoms with Gasteiger partial charge in [0.1, 0.15) is 12.4 Å². The lowest BCUT2D eigenvalue weighted by atomic mass is 10.2. The molecule has 2 N–H and O–H groups in total. The second-order valence-corrected chi connectivity index (χ2v) is 5.97. The Kier molecular flexibility index (Phi) is 6.94. The summed E-state index contributed by atoms with van der Waals surface area (Å²) >= 11 is 0. The Hall–Kier alpha value is -2.01. The van der Waals surface area contributed by atoms with Gasteiger partial charge in [-0.2, -0.15) is 0 Å². The molecule has 1 aliphatic rings. The van der Waals surface area contributed by atoms with E-state index in [1.807, 2.05) is 32.3 Å². The van der Waals surface area contributed by atoms with Gasteiger partial charge in [-0.15, -0.1) is 0 Å². The van der Waals surface area contributed by atoms with Crippen molar-refractivity contribution >= 4 is 5.96 Å². The van der Waals surface area contributed by atoms with Gasteiger partial charge in [0.25, 0.3) is 0 Å². The minimum Gasteiger partial charge on any atom is -0.492 e. The van der Waals surface area contributed by atoms with E-state index in [-0.39, 0.29) is 0 Å². The van der Waals surface area contributed by atoms with Gasteiger partial charge in [-0.05, 0) is 33.0 Å². The number of aliphatic imine (C=N–C) groups is 1. The molecule has 0 fully saturated rings. The van der Waals surface area contributed by atoms with Crippen LogP contribution in [0.5, 0.6) is 5.75 Å². The highest BCUT2D eigenvalue weighted by atomic mass is 16.5. The Bertz CT molecular complexity index is 532. The summed E-state index contributed by atoms with van der Waals surface area (Å²) in [7, 11) is 5.89. The van der Waals surface area contributed by atoms with Crippen LogP contribution in [-0.4, -0.2) is 51.2 Å². The summed E-state index contributed by atoms with van der Waals surface area (Å²) in [4.78, 5) is 6.41. The maximum atomic E-state index is 5.90. The predicted molar refractivity (Wildman–Crippen MR) is 96.0 cm³/mol. The first-order valence-electron chi connectivity index (χ1n) is 8.16. The maximum absolute atomic E-state index is 5.90. The lowest BCUT2D eigenvalue weighted by Gasteiger charge is -2.18. The van der Waals surface area contributed by atoms with Gasteiger partial charge in [-0.1, -0.05) is 30.4 Å². The topological polar surface area (TPSA) is 48.9 Å². The third kappa shape index (κ3) is 5.94. The first-order chi connectivity index (χ1) is 11.2. The van der Waals surface area contributed by atoms with Crippen molar-refractivity contribution in [3.05, 3.63) is 42.0 Å². The zero-order chi connectivity index (χ0) is 16.5. The Morgan fingerprint density at radius 1 is 1.26 bits per heavy atom. The summed E-state index contributed by atoms with van der Waals surface area (Å²) < 4.78 is 5.90. The number of nitrogens with one attached hydrogen (secondary N) is 2. The first-order valence-corrected chi connectivity index (χ1v) is 8.16. The Balaban J connectivity index is 1.86. The van der Waals surface area contributed by atoms with E-state index in [1.54, 1.807) is 7.05 Å². The predicted octanol–water partition coefficient (Wildman–Crippen LogP) is 2.01. The number of hydrogen-bond acceptors (Lipinski definition) is 3. The van der Waals surface area contributed by atoms with Crippen molar-refractivity contribution in [1.29, 1.82) is 0 Å². The molecule has 1 aliphatic carbocycles. The van der Waals surface area contributed by atoms with Crippen LogP contribution in [0, 0.1) is 0 Å². The molecule has 0 saturated carbocycles. The molecule has 1 aromatic rings. The normalized spacial score (nSPS) is 15.2. The Morgan fingerprint density at radius 3 is 2.70 bits per heavy atom. The molecule has 0 atom stereocenters. The van der Waals surface area contributed by atoms with Gasteiger partial charge in [0, 0.05) is 31.7 Å². The number of hydrogen-bond donors (Lipinski definition) is 2. The minimum atomic E-state index is 0.452. The van der Waals surface area contributed by atoms with Crippen molar-refractivity contribution in [2.24, 2.45) is 4.99 Å². The molecule has 126 valence electrons. The third-order valence-corrected chi connectivity index (χ3v) is 3.79. The molecule has 0 bridgehead atoms. The fourth-order valence-corrected chi connectivity index (χ4v) is 2.43. The molecule has 0 amide bonds. The molecule has 0 radical (unpaired) electrons. The number of rotatable bonds is 7. The van der Waals surface area contributed by atoms with Crippen molar-refractivity contribution in [2.75, 3.05) is 34.3 Å². The minimum absolute atomic E-state index is 0.452. The lowest BCUT2D eigenvalue weighted by molar-refractivity contribution is 0.259. The lowest BCUT2D eigenvalue weighted by Crippen LogP contribution is -2.42. The molecule has 0 heterocycles. The molecule has 5 heteroatoms. The summed E-state index contributed by atoms with van der Waals surface area (Å²) in [6, 6.07) is 8.60. The molecule has 2 rings (SSSR count). The van der Waals surface area contributed by atoms with E-state index in [0.29, 0.717) is 19.2 Å². The molecule has 0 saturated heterocycles. The molecule has 1 aromatic carbocycles. The van der Waals surface area contributed by atoms with Crippen molar-refractivity contribution in [2.45, 2.75) is 25.4 Å². The van der Waals surface area contributed by atoms with Crippen molar-refractivity contribution in [3.63, 3.8) is 0 Å². The van der Waals surface area contributed by atoms with E-state index in [1.165, 1.54) is 0 Å². The monoisotopic (exact) mass is 316 g/mol. The van der Waals surface area contributed by atoms with E-state index in [0.717, 1.165) is 36.7 Å². The van der Waals surface area contributed by atoms with E-state index in [4.69, 9.17) is 4.74 Å². The van der Waals surface area contributed by atoms with Crippen LogP contribution < -0.4 is 15.4 Å². The highest BCUT2D eigenvalue weighted by Gasteiger charge is 2.12. The quantitative estimate of drug-likeness (QED) is 0.459. The number of para-hydroxylation sites is 1. The smallest absolute Gasteiger partial charge is 0.191 e. The van der Waals surface area contributed by atoms with Crippen LogP contribution in [0.4, 0.5) is 0 Å². The van der Waals surface area contributed by atoms with Crippen LogP contribution in [0.3, 0.4) is 0 Å². The average molecular weight is 316 g/mol. The van der Waals surface area contributed by atoms with Gasteiger partial charge in [0.2, 0.25) is 0 Å². The zero-order valence-electron chi connectivity index (χ0n) is 14.4. The van der Waals surface area contributed by atoms with Crippen LogP contribution in [-0.2, 0) is 6.54 Å². The zero-order valence-corrected chi connectivity index (χ0v) is 14.4. The first kappa shape index (κ1) is 17.3. The maximum Gasteiger partial charge on any atom is 0.191 e. The molecule has 5 nitrogen and oxygen atoms in total. The highest BCUT2D eigenvalue weighted by molar-refractivity contribution is 5.80. The molecule has 23 heavy (non-hydrogen) atoms. The Labute approximate surface area is 139 Å². The van der Waals surface area contributed by atoms with Gasteiger partial charge in [-0.3, -0.25) is 4.99 Å². The number of likely N-dealkylation sites (N-methyl/N-ethyl adjacent to an activating group) is 1.